The molecule has 1 aromatic heterocycles. The number of aromatic nitrogens is 1. The first-order chi connectivity index (χ1) is 10.5. The molecule has 0 aliphatic carbocycles. The van der Waals surface area contributed by atoms with E-state index >= 15 is 0 Å². The second kappa shape index (κ2) is 7.09. The van der Waals surface area contributed by atoms with Crippen molar-refractivity contribution in [1.82, 2.24) is 15.2 Å². The fraction of sp³-hybridized carbons (Fsp3) is 0.615. The van der Waals surface area contributed by atoms with Gasteiger partial charge in [0.25, 0.3) is 0 Å². The molecule has 9 nitrogen and oxygen atoms in total. The number of hydrogen-bond donors (Lipinski definition) is 3. The van der Waals surface area contributed by atoms with Crippen molar-refractivity contribution in [3.63, 3.8) is 0 Å². The summed E-state index contributed by atoms with van der Waals surface area (Å²) in [4.78, 5) is 23.0. The molecule has 1 amide bonds. The maximum atomic E-state index is 12.3. The van der Waals surface area contributed by atoms with Crippen LogP contribution < -0.4 is 10.0 Å². The fourth-order valence-corrected chi connectivity index (χ4v) is 3.53. The summed E-state index contributed by atoms with van der Waals surface area (Å²) in [5, 5.41) is 14.9. The van der Waals surface area contributed by atoms with E-state index in [2.05, 4.69) is 15.2 Å². The first kappa shape index (κ1) is 19.1. The lowest BCUT2D eigenvalue weighted by Gasteiger charge is -2.21. The van der Waals surface area contributed by atoms with Crippen LogP contribution in [0.4, 0.5) is 0 Å². The molecule has 0 aromatic carbocycles. The molecule has 1 unspecified atom stereocenters. The molecule has 0 radical (unpaired) electrons. The van der Waals surface area contributed by atoms with E-state index in [-0.39, 0.29) is 22.3 Å². The van der Waals surface area contributed by atoms with Crippen molar-refractivity contribution < 1.29 is 27.6 Å². The summed E-state index contributed by atoms with van der Waals surface area (Å²) >= 11 is 0. The molecule has 1 rings (SSSR count). The summed E-state index contributed by atoms with van der Waals surface area (Å²) in [5.41, 5.74) is 0.174. The highest BCUT2D eigenvalue weighted by molar-refractivity contribution is 7.89. The highest BCUT2D eigenvalue weighted by Crippen LogP contribution is 2.18. The summed E-state index contributed by atoms with van der Waals surface area (Å²) in [5.74, 6) is -2.16. The highest BCUT2D eigenvalue weighted by Gasteiger charge is 2.30. The third-order valence-corrected chi connectivity index (χ3v) is 4.98. The predicted molar refractivity (Wildman–Crippen MR) is 80.2 cm³/mol. The van der Waals surface area contributed by atoms with Gasteiger partial charge in [-0.15, -0.1) is 0 Å². The molecule has 10 heteroatoms. The average Bonchev–Trinajstić information content (AvgIpc) is 2.74. The van der Waals surface area contributed by atoms with E-state index < -0.39 is 34.0 Å². The van der Waals surface area contributed by atoms with E-state index in [1.165, 1.54) is 20.8 Å². The second-order valence-electron chi connectivity index (χ2n) is 5.56. The molecule has 0 aliphatic rings. The molecular weight excluding hydrogens is 326 g/mol. The number of nitrogens with zero attached hydrogens (tertiary/aromatic N) is 1. The molecular formula is C13H21N3O6S. The van der Waals surface area contributed by atoms with Gasteiger partial charge < -0.3 is 14.9 Å². The molecule has 130 valence electrons. The molecule has 0 aliphatic heterocycles. The number of carboxylic acids is 1. The zero-order chi connectivity index (χ0) is 17.9. The molecule has 3 N–H and O–H groups in total. The van der Waals surface area contributed by atoms with E-state index in [0.717, 1.165) is 0 Å². The minimum Gasteiger partial charge on any atom is -0.480 e. The topological polar surface area (TPSA) is 139 Å². The maximum absolute atomic E-state index is 12.3. The van der Waals surface area contributed by atoms with Gasteiger partial charge in [-0.05, 0) is 26.7 Å². The zero-order valence-corrected chi connectivity index (χ0v) is 14.4. The van der Waals surface area contributed by atoms with Crippen LogP contribution in [-0.2, 0) is 19.6 Å². The van der Waals surface area contributed by atoms with Crippen molar-refractivity contribution in [2.75, 3.05) is 0 Å². The number of amides is 1. The van der Waals surface area contributed by atoms with Crippen molar-refractivity contribution in [1.29, 1.82) is 0 Å². The number of rotatable bonds is 7. The quantitative estimate of drug-likeness (QED) is 0.639. The predicted octanol–water partition coefficient (Wildman–Crippen LogP) is 0.184. The summed E-state index contributed by atoms with van der Waals surface area (Å²) in [6, 6.07) is -2.26. The lowest BCUT2D eigenvalue weighted by molar-refractivity contribution is -0.143. The molecule has 0 spiro atoms. The number of hydrogen-bond acceptors (Lipinski definition) is 6. The lowest BCUT2D eigenvalue weighted by Crippen LogP contribution is -2.52. The van der Waals surface area contributed by atoms with Crippen LogP contribution in [0.5, 0.6) is 0 Å². The van der Waals surface area contributed by atoms with Crippen LogP contribution in [0.25, 0.3) is 0 Å². The Morgan fingerprint density at radius 3 is 2.17 bits per heavy atom. The molecule has 0 fully saturated rings. The number of sulfonamides is 1. The first-order valence-corrected chi connectivity index (χ1v) is 8.44. The second-order valence-corrected chi connectivity index (χ2v) is 7.22. The van der Waals surface area contributed by atoms with Crippen LogP contribution in [0.15, 0.2) is 9.42 Å². The Morgan fingerprint density at radius 1 is 1.22 bits per heavy atom. The van der Waals surface area contributed by atoms with Crippen molar-refractivity contribution in [2.45, 2.75) is 51.6 Å². The van der Waals surface area contributed by atoms with E-state index in [9.17, 15) is 18.0 Å². The van der Waals surface area contributed by atoms with Crippen LogP contribution in [0.3, 0.4) is 0 Å². The van der Waals surface area contributed by atoms with Gasteiger partial charge in [-0.1, -0.05) is 19.0 Å². The number of nitrogens with one attached hydrogen (secondary N) is 2. The monoisotopic (exact) mass is 347 g/mol. The third kappa shape index (κ3) is 4.52. The van der Waals surface area contributed by atoms with Crippen molar-refractivity contribution in [3.05, 3.63) is 11.5 Å². The van der Waals surface area contributed by atoms with E-state index in [4.69, 9.17) is 9.63 Å². The number of aliphatic carboxylic acids is 1. The normalized spacial score (nSPS) is 14.5. The Bertz CT molecular complexity index is 675. The van der Waals surface area contributed by atoms with Gasteiger partial charge in [-0.25, -0.2) is 13.2 Å². The number of aryl methyl sites for hydroxylation is 2. The molecule has 2 atom stereocenters. The molecule has 1 heterocycles. The zero-order valence-electron chi connectivity index (χ0n) is 13.6. The first-order valence-electron chi connectivity index (χ1n) is 6.95. The van der Waals surface area contributed by atoms with Crippen LogP contribution in [-0.4, -0.2) is 42.6 Å². The third-order valence-electron chi connectivity index (χ3n) is 3.19. The molecule has 1 aromatic rings. The van der Waals surface area contributed by atoms with Crippen LogP contribution in [0.1, 0.15) is 32.2 Å². The van der Waals surface area contributed by atoms with Gasteiger partial charge in [-0.3, -0.25) is 4.79 Å². The highest BCUT2D eigenvalue weighted by atomic mass is 32.2. The Hall–Kier alpha value is -1.94. The van der Waals surface area contributed by atoms with Gasteiger partial charge in [0.05, 0.1) is 6.04 Å². The maximum Gasteiger partial charge on any atom is 0.326 e. The van der Waals surface area contributed by atoms with Gasteiger partial charge in [0, 0.05) is 0 Å². The largest absolute Gasteiger partial charge is 0.480 e. The fourth-order valence-electron chi connectivity index (χ4n) is 2.00. The number of carboxylic acid groups (broad SMARTS) is 1. The summed E-state index contributed by atoms with van der Waals surface area (Å²) in [6.45, 7) is 7.51. The molecule has 0 saturated heterocycles. The summed E-state index contributed by atoms with van der Waals surface area (Å²) in [7, 11) is -4.01. The van der Waals surface area contributed by atoms with Crippen LogP contribution in [0, 0.1) is 19.8 Å². The minimum atomic E-state index is -4.01. The smallest absolute Gasteiger partial charge is 0.326 e. The molecule has 23 heavy (non-hydrogen) atoms. The molecule has 0 saturated carbocycles. The van der Waals surface area contributed by atoms with Gasteiger partial charge in [0.15, 0.2) is 5.76 Å². The van der Waals surface area contributed by atoms with Gasteiger partial charge >= 0.3 is 5.97 Å². The van der Waals surface area contributed by atoms with Crippen molar-refractivity contribution >= 4 is 21.9 Å². The standard InChI is InChI=1S/C13H21N3O6S/c1-6(2)10(13(18)19)14-12(17)8(4)16-23(20,21)11-7(3)15-22-9(11)5/h6,8,10,16H,1-5H3,(H,14,17)(H,18,19)/t8?,10-/m1/s1. The Morgan fingerprint density at radius 2 is 1.78 bits per heavy atom. The average molecular weight is 347 g/mol. The minimum absolute atomic E-state index is 0.105. The van der Waals surface area contributed by atoms with Gasteiger partial charge in [-0.2, -0.15) is 4.72 Å². The van der Waals surface area contributed by atoms with Crippen molar-refractivity contribution in [2.24, 2.45) is 5.92 Å². The van der Waals surface area contributed by atoms with Gasteiger partial charge in [0.2, 0.25) is 15.9 Å². The Balaban J connectivity index is 2.88. The Labute approximate surface area is 134 Å². The molecule has 0 bridgehead atoms. The van der Waals surface area contributed by atoms with Crippen LogP contribution in [0.2, 0.25) is 0 Å². The van der Waals surface area contributed by atoms with E-state index in [0.29, 0.717) is 0 Å². The summed E-state index contributed by atoms with van der Waals surface area (Å²) < 4.78 is 31.6. The van der Waals surface area contributed by atoms with E-state index in [1.807, 2.05) is 0 Å². The van der Waals surface area contributed by atoms with E-state index in [1.54, 1.807) is 13.8 Å². The Kier molecular flexibility index (Phi) is 5.89. The van der Waals surface area contributed by atoms with Crippen LogP contribution >= 0.6 is 0 Å². The number of carbonyl (C=O) groups is 2. The summed E-state index contributed by atoms with van der Waals surface area (Å²) in [6.07, 6.45) is 0. The SMILES string of the molecule is Cc1noc(C)c1S(=O)(=O)NC(C)C(=O)N[C@@H](C(=O)O)C(C)C. The number of carbonyl (C=O) groups excluding carboxylic acids is 1. The van der Waals surface area contributed by atoms with Crippen molar-refractivity contribution in [3.8, 4) is 0 Å². The van der Waals surface area contributed by atoms with Gasteiger partial charge in [0.1, 0.15) is 16.6 Å². The lowest BCUT2D eigenvalue weighted by atomic mass is 10.0.